The van der Waals surface area contributed by atoms with E-state index >= 15 is 0 Å². The SMILES string of the molecule is CCCCN(C)c1ccc(C(=O)N(C)C(c2ccccc2)c2ccccn2)cc1. The van der Waals surface area contributed by atoms with Gasteiger partial charge in [0.2, 0.25) is 0 Å². The highest BCUT2D eigenvalue weighted by molar-refractivity contribution is 5.95. The highest BCUT2D eigenvalue weighted by Crippen LogP contribution is 2.27. The van der Waals surface area contributed by atoms with E-state index < -0.39 is 0 Å². The number of amides is 1. The molecule has 0 aliphatic heterocycles. The lowest BCUT2D eigenvalue weighted by Gasteiger charge is -2.28. The van der Waals surface area contributed by atoms with Gasteiger partial charge >= 0.3 is 0 Å². The van der Waals surface area contributed by atoms with E-state index in [2.05, 4.69) is 23.9 Å². The topological polar surface area (TPSA) is 36.4 Å². The number of aromatic nitrogens is 1. The van der Waals surface area contributed by atoms with Crippen LogP contribution in [-0.2, 0) is 0 Å². The molecule has 0 radical (unpaired) electrons. The average molecular weight is 388 g/mol. The van der Waals surface area contributed by atoms with Gasteiger partial charge in [-0.1, -0.05) is 49.7 Å². The largest absolute Gasteiger partial charge is 0.375 e. The third-order valence-electron chi connectivity index (χ3n) is 5.19. The van der Waals surface area contributed by atoms with E-state index in [0.29, 0.717) is 5.56 Å². The Bertz CT molecular complexity index is 855. The van der Waals surface area contributed by atoms with E-state index in [-0.39, 0.29) is 11.9 Å². The van der Waals surface area contributed by atoms with Crippen LogP contribution in [0, 0.1) is 0 Å². The normalized spacial score (nSPS) is 11.7. The van der Waals surface area contributed by atoms with Gasteiger partial charge < -0.3 is 9.80 Å². The second-order valence-corrected chi connectivity index (χ2v) is 7.31. The molecule has 1 atom stereocenters. The summed E-state index contributed by atoms with van der Waals surface area (Å²) in [5, 5.41) is 0. The molecule has 1 amide bonds. The number of rotatable bonds is 8. The van der Waals surface area contributed by atoms with Gasteiger partial charge in [0.05, 0.1) is 11.7 Å². The molecular formula is C25H29N3O. The van der Waals surface area contributed by atoms with Crippen molar-refractivity contribution in [3.8, 4) is 0 Å². The molecule has 0 saturated heterocycles. The van der Waals surface area contributed by atoms with Crippen LogP contribution >= 0.6 is 0 Å². The zero-order valence-electron chi connectivity index (χ0n) is 17.5. The molecule has 0 fully saturated rings. The summed E-state index contributed by atoms with van der Waals surface area (Å²) in [6, 6.07) is 23.5. The van der Waals surface area contributed by atoms with Gasteiger partial charge in [-0.2, -0.15) is 0 Å². The number of carbonyl (C=O) groups is 1. The summed E-state index contributed by atoms with van der Waals surface area (Å²) in [6.07, 6.45) is 4.09. The Morgan fingerprint density at radius 2 is 1.62 bits per heavy atom. The van der Waals surface area contributed by atoms with Crippen molar-refractivity contribution in [2.24, 2.45) is 0 Å². The van der Waals surface area contributed by atoms with E-state index in [0.717, 1.165) is 29.9 Å². The molecule has 2 aromatic carbocycles. The van der Waals surface area contributed by atoms with Crippen molar-refractivity contribution in [3.05, 3.63) is 95.8 Å². The molecule has 1 aromatic heterocycles. The molecule has 0 bridgehead atoms. The predicted molar refractivity (Wildman–Crippen MR) is 119 cm³/mol. The van der Waals surface area contributed by atoms with E-state index in [1.54, 1.807) is 11.1 Å². The molecule has 0 N–H and O–H groups in total. The Labute approximate surface area is 173 Å². The molecule has 0 aliphatic rings. The summed E-state index contributed by atoms with van der Waals surface area (Å²) in [5.41, 5.74) is 3.70. The summed E-state index contributed by atoms with van der Waals surface area (Å²) in [5.74, 6) is -0.0210. The number of unbranched alkanes of at least 4 members (excludes halogenated alkanes) is 1. The molecule has 4 nitrogen and oxygen atoms in total. The maximum absolute atomic E-state index is 13.3. The Kier molecular flexibility index (Phi) is 7.01. The van der Waals surface area contributed by atoms with Crippen molar-refractivity contribution < 1.29 is 4.79 Å². The molecule has 29 heavy (non-hydrogen) atoms. The second-order valence-electron chi connectivity index (χ2n) is 7.31. The summed E-state index contributed by atoms with van der Waals surface area (Å²) in [4.78, 5) is 21.8. The number of anilines is 1. The molecule has 150 valence electrons. The summed E-state index contributed by atoms with van der Waals surface area (Å²) >= 11 is 0. The molecular weight excluding hydrogens is 358 g/mol. The minimum Gasteiger partial charge on any atom is -0.375 e. The number of benzene rings is 2. The molecule has 1 unspecified atom stereocenters. The molecule has 3 rings (SSSR count). The molecule has 0 saturated carbocycles. The quantitative estimate of drug-likeness (QED) is 0.534. The van der Waals surface area contributed by atoms with Gasteiger partial charge in [-0.25, -0.2) is 0 Å². The van der Waals surface area contributed by atoms with E-state index in [4.69, 9.17) is 0 Å². The summed E-state index contributed by atoms with van der Waals surface area (Å²) in [6.45, 7) is 3.20. The van der Waals surface area contributed by atoms with Gasteiger partial charge in [-0.3, -0.25) is 9.78 Å². The number of hydrogen-bond acceptors (Lipinski definition) is 3. The van der Waals surface area contributed by atoms with Crippen LogP contribution < -0.4 is 4.90 Å². The molecule has 4 heteroatoms. The molecule has 0 aliphatic carbocycles. The monoisotopic (exact) mass is 387 g/mol. The fourth-order valence-corrected chi connectivity index (χ4v) is 3.47. The highest BCUT2D eigenvalue weighted by atomic mass is 16.2. The van der Waals surface area contributed by atoms with Gasteiger partial charge in [0.15, 0.2) is 0 Å². The van der Waals surface area contributed by atoms with E-state index in [1.165, 1.54) is 6.42 Å². The Balaban J connectivity index is 1.84. The van der Waals surface area contributed by atoms with Crippen LogP contribution in [0.15, 0.2) is 79.0 Å². The molecule has 1 heterocycles. The van der Waals surface area contributed by atoms with E-state index in [1.807, 2.05) is 79.8 Å². The third kappa shape index (κ3) is 5.02. The first-order valence-electron chi connectivity index (χ1n) is 10.2. The zero-order chi connectivity index (χ0) is 20.6. The van der Waals surface area contributed by atoms with Crippen LogP contribution in [-0.4, -0.2) is 36.4 Å². The van der Waals surface area contributed by atoms with Crippen molar-refractivity contribution in [2.75, 3.05) is 25.5 Å². The lowest BCUT2D eigenvalue weighted by Crippen LogP contribution is -2.32. The van der Waals surface area contributed by atoms with Crippen LogP contribution in [0.2, 0.25) is 0 Å². The maximum atomic E-state index is 13.3. The van der Waals surface area contributed by atoms with Gasteiger partial charge in [-0.05, 0) is 48.4 Å². The highest BCUT2D eigenvalue weighted by Gasteiger charge is 2.25. The maximum Gasteiger partial charge on any atom is 0.254 e. The Morgan fingerprint density at radius 3 is 2.24 bits per heavy atom. The molecule has 3 aromatic rings. The number of carbonyl (C=O) groups excluding carboxylic acids is 1. The predicted octanol–water partition coefficient (Wildman–Crippen LogP) is 5.18. The van der Waals surface area contributed by atoms with Gasteiger partial charge in [0.1, 0.15) is 0 Å². The van der Waals surface area contributed by atoms with Gasteiger partial charge in [-0.15, -0.1) is 0 Å². The fraction of sp³-hybridized carbons (Fsp3) is 0.280. The smallest absolute Gasteiger partial charge is 0.254 e. The minimum absolute atomic E-state index is 0.0210. The number of pyridine rings is 1. The average Bonchev–Trinajstić information content (AvgIpc) is 2.78. The standard InChI is InChI=1S/C25H29N3O/c1-4-5-19-27(2)22-16-14-21(15-17-22)25(29)28(3)24(20-11-7-6-8-12-20)23-13-9-10-18-26-23/h6-18,24H,4-5,19H2,1-3H3. The summed E-state index contributed by atoms with van der Waals surface area (Å²) in [7, 11) is 3.93. The Hall–Kier alpha value is -3.14. The van der Waals surface area contributed by atoms with Crippen molar-refractivity contribution in [1.29, 1.82) is 0 Å². The Morgan fingerprint density at radius 1 is 0.931 bits per heavy atom. The van der Waals surface area contributed by atoms with Gasteiger partial charge in [0.25, 0.3) is 5.91 Å². The van der Waals surface area contributed by atoms with Gasteiger partial charge in [0, 0.05) is 38.1 Å². The fourth-order valence-electron chi connectivity index (χ4n) is 3.47. The lowest BCUT2D eigenvalue weighted by molar-refractivity contribution is 0.0752. The minimum atomic E-state index is -0.239. The van der Waals surface area contributed by atoms with Crippen LogP contribution in [0.3, 0.4) is 0 Å². The third-order valence-corrected chi connectivity index (χ3v) is 5.19. The zero-order valence-corrected chi connectivity index (χ0v) is 17.5. The van der Waals surface area contributed by atoms with Crippen LogP contribution in [0.25, 0.3) is 0 Å². The first-order valence-corrected chi connectivity index (χ1v) is 10.2. The first-order chi connectivity index (χ1) is 14.1. The number of nitrogens with zero attached hydrogens (tertiary/aromatic N) is 3. The van der Waals surface area contributed by atoms with Crippen LogP contribution in [0.5, 0.6) is 0 Å². The first kappa shape index (κ1) is 20.6. The van der Waals surface area contributed by atoms with Crippen molar-refractivity contribution in [3.63, 3.8) is 0 Å². The summed E-state index contributed by atoms with van der Waals surface area (Å²) < 4.78 is 0. The van der Waals surface area contributed by atoms with E-state index in [9.17, 15) is 4.79 Å². The lowest BCUT2D eigenvalue weighted by atomic mass is 10.0. The van der Waals surface area contributed by atoms with Crippen LogP contribution in [0.1, 0.15) is 47.4 Å². The second kappa shape index (κ2) is 9.87. The van der Waals surface area contributed by atoms with Crippen molar-refractivity contribution >= 4 is 11.6 Å². The van der Waals surface area contributed by atoms with Crippen LogP contribution in [0.4, 0.5) is 5.69 Å². The van der Waals surface area contributed by atoms with Crippen molar-refractivity contribution in [2.45, 2.75) is 25.8 Å². The molecule has 0 spiro atoms. The van der Waals surface area contributed by atoms with Crippen molar-refractivity contribution in [1.82, 2.24) is 9.88 Å². The number of hydrogen-bond donors (Lipinski definition) is 0.